The first-order valence-corrected chi connectivity index (χ1v) is 3.88. The maximum atomic E-state index is 10.6. The van der Waals surface area contributed by atoms with Gasteiger partial charge in [0.15, 0.2) is 0 Å². The fourth-order valence-electron chi connectivity index (χ4n) is 0.759. The number of allylic oxidation sites excluding steroid dienone is 1. The van der Waals surface area contributed by atoms with E-state index >= 15 is 0 Å². The fraction of sp³-hybridized carbons (Fsp3) is 0.667. The highest BCUT2D eigenvalue weighted by molar-refractivity contribution is 5.91. The monoisotopic (exact) mass is 172 g/mol. The average molecular weight is 172 g/mol. The fourth-order valence-corrected chi connectivity index (χ4v) is 0.759. The van der Waals surface area contributed by atoms with Gasteiger partial charge in [0.1, 0.15) is 0 Å². The van der Waals surface area contributed by atoms with Gasteiger partial charge in [0.05, 0.1) is 0 Å². The molecule has 0 rings (SSSR count). The Morgan fingerprint density at radius 1 is 1.50 bits per heavy atom. The number of carbonyl (C=O) groups excluding carboxylic acids is 1. The van der Waals surface area contributed by atoms with Crippen molar-refractivity contribution < 1.29 is 4.79 Å². The molecule has 3 nitrogen and oxygen atoms in total. The standard InChI is InChI=1S/C9H17NO.H3N/c1-5-9(3,4)6-7(2)8(10)11;/h6H,5H2,1-4H3,(H2,10,11);1H3. The first-order chi connectivity index (χ1) is 4.89. The van der Waals surface area contributed by atoms with Crippen LogP contribution in [0.4, 0.5) is 0 Å². The molecule has 0 aliphatic carbocycles. The van der Waals surface area contributed by atoms with E-state index in [1.165, 1.54) is 0 Å². The van der Waals surface area contributed by atoms with Gasteiger partial charge >= 0.3 is 0 Å². The average Bonchev–Trinajstić information content (AvgIpc) is 1.87. The summed E-state index contributed by atoms with van der Waals surface area (Å²) in [7, 11) is 0. The summed E-state index contributed by atoms with van der Waals surface area (Å²) in [5.74, 6) is -0.327. The summed E-state index contributed by atoms with van der Waals surface area (Å²) in [5.41, 5.74) is 5.82. The number of primary amides is 1. The molecule has 0 aromatic heterocycles. The zero-order chi connectivity index (χ0) is 9.07. The number of rotatable bonds is 3. The van der Waals surface area contributed by atoms with Crippen LogP contribution in [0.1, 0.15) is 34.1 Å². The molecule has 0 bridgehead atoms. The molecular formula is C9H20N2O. The molecule has 0 aliphatic rings. The highest BCUT2D eigenvalue weighted by Gasteiger charge is 2.12. The second-order valence-electron chi connectivity index (χ2n) is 3.53. The van der Waals surface area contributed by atoms with E-state index in [1.54, 1.807) is 6.92 Å². The van der Waals surface area contributed by atoms with Crippen molar-refractivity contribution in [1.82, 2.24) is 6.15 Å². The molecule has 0 heterocycles. The molecule has 5 N–H and O–H groups in total. The predicted molar refractivity (Wildman–Crippen MR) is 52.0 cm³/mol. The highest BCUT2D eigenvalue weighted by Crippen LogP contribution is 2.22. The second kappa shape index (κ2) is 4.93. The lowest BCUT2D eigenvalue weighted by Gasteiger charge is -2.17. The molecule has 0 atom stereocenters. The van der Waals surface area contributed by atoms with Gasteiger partial charge in [-0.05, 0) is 18.8 Å². The van der Waals surface area contributed by atoms with Gasteiger partial charge in [-0.3, -0.25) is 4.79 Å². The van der Waals surface area contributed by atoms with Crippen LogP contribution in [0.2, 0.25) is 0 Å². The van der Waals surface area contributed by atoms with Crippen molar-refractivity contribution >= 4 is 5.91 Å². The normalized spacial score (nSPS) is 12.2. The smallest absolute Gasteiger partial charge is 0.244 e. The Balaban J connectivity index is 0. The van der Waals surface area contributed by atoms with Gasteiger partial charge in [-0.25, -0.2) is 0 Å². The van der Waals surface area contributed by atoms with Crippen molar-refractivity contribution in [3.63, 3.8) is 0 Å². The molecule has 0 aromatic rings. The van der Waals surface area contributed by atoms with Crippen LogP contribution >= 0.6 is 0 Å². The quantitative estimate of drug-likeness (QED) is 0.639. The SMILES string of the molecule is CCC(C)(C)C=C(C)C(N)=O.N. The van der Waals surface area contributed by atoms with Crippen molar-refractivity contribution in [2.75, 3.05) is 0 Å². The summed E-state index contributed by atoms with van der Waals surface area (Å²) >= 11 is 0. The molecule has 12 heavy (non-hydrogen) atoms. The van der Waals surface area contributed by atoms with E-state index < -0.39 is 0 Å². The minimum atomic E-state index is -0.327. The maximum absolute atomic E-state index is 10.6. The summed E-state index contributed by atoms with van der Waals surface area (Å²) in [6.07, 6.45) is 2.94. The largest absolute Gasteiger partial charge is 0.366 e. The number of amides is 1. The van der Waals surface area contributed by atoms with Gasteiger partial charge in [0.25, 0.3) is 0 Å². The molecule has 0 saturated carbocycles. The number of nitrogens with two attached hydrogens (primary N) is 1. The van der Waals surface area contributed by atoms with Crippen LogP contribution in [-0.4, -0.2) is 5.91 Å². The lowest BCUT2D eigenvalue weighted by atomic mass is 9.88. The first-order valence-electron chi connectivity index (χ1n) is 3.88. The molecule has 3 heteroatoms. The van der Waals surface area contributed by atoms with Crippen LogP contribution in [0.3, 0.4) is 0 Å². The zero-order valence-corrected chi connectivity index (χ0v) is 8.48. The summed E-state index contributed by atoms with van der Waals surface area (Å²) in [5, 5.41) is 0. The van der Waals surface area contributed by atoms with Crippen molar-refractivity contribution in [2.45, 2.75) is 34.1 Å². The van der Waals surface area contributed by atoms with Crippen LogP contribution in [-0.2, 0) is 4.79 Å². The predicted octanol–water partition coefficient (Wildman–Crippen LogP) is 2.02. The lowest BCUT2D eigenvalue weighted by Crippen LogP contribution is -2.15. The zero-order valence-electron chi connectivity index (χ0n) is 8.48. The van der Waals surface area contributed by atoms with Gasteiger partial charge in [0, 0.05) is 5.57 Å². The van der Waals surface area contributed by atoms with Crippen LogP contribution in [0.5, 0.6) is 0 Å². The first kappa shape index (κ1) is 13.7. The van der Waals surface area contributed by atoms with Gasteiger partial charge in [-0.15, -0.1) is 0 Å². The molecule has 0 saturated heterocycles. The Labute approximate surface area is 74.6 Å². The van der Waals surface area contributed by atoms with Crippen molar-refractivity contribution in [3.05, 3.63) is 11.6 Å². The Morgan fingerprint density at radius 3 is 2.17 bits per heavy atom. The second-order valence-corrected chi connectivity index (χ2v) is 3.53. The third-order valence-corrected chi connectivity index (χ3v) is 1.91. The van der Waals surface area contributed by atoms with Gasteiger partial charge in [0.2, 0.25) is 5.91 Å². The van der Waals surface area contributed by atoms with E-state index in [9.17, 15) is 4.79 Å². The Morgan fingerprint density at radius 2 is 1.92 bits per heavy atom. The Bertz CT molecular complexity index is 183. The van der Waals surface area contributed by atoms with Crippen LogP contribution in [0, 0.1) is 5.41 Å². The maximum Gasteiger partial charge on any atom is 0.244 e. The third-order valence-electron chi connectivity index (χ3n) is 1.91. The number of carbonyl (C=O) groups is 1. The van der Waals surface area contributed by atoms with Crippen molar-refractivity contribution in [2.24, 2.45) is 11.1 Å². The number of hydrogen-bond donors (Lipinski definition) is 2. The molecule has 0 spiro atoms. The summed E-state index contributed by atoms with van der Waals surface area (Å²) in [6, 6.07) is 0. The van der Waals surface area contributed by atoms with Crippen LogP contribution in [0.25, 0.3) is 0 Å². The van der Waals surface area contributed by atoms with Crippen molar-refractivity contribution in [3.8, 4) is 0 Å². The molecule has 0 fully saturated rings. The van der Waals surface area contributed by atoms with E-state index in [-0.39, 0.29) is 17.5 Å². The minimum absolute atomic E-state index is 0. The van der Waals surface area contributed by atoms with Gasteiger partial charge < -0.3 is 11.9 Å². The molecule has 72 valence electrons. The molecule has 0 aliphatic heterocycles. The molecule has 0 aromatic carbocycles. The van der Waals surface area contributed by atoms with Gasteiger partial charge in [-0.1, -0.05) is 26.8 Å². The topological polar surface area (TPSA) is 78.1 Å². The summed E-state index contributed by atoms with van der Waals surface area (Å²) in [4.78, 5) is 10.6. The van der Waals surface area contributed by atoms with E-state index in [2.05, 4.69) is 20.8 Å². The number of hydrogen-bond acceptors (Lipinski definition) is 2. The molecule has 0 radical (unpaired) electrons. The molecule has 1 amide bonds. The van der Waals surface area contributed by atoms with Crippen molar-refractivity contribution in [1.29, 1.82) is 0 Å². The Hall–Kier alpha value is -0.830. The molecule has 0 unspecified atom stereocenters. The molecular weight excluding hydrogens is 152 g/mol. The summed E-state index contributed by atoms with van der Waals surface area (Å²) < 4.78 is 0. The Kier molecular flexibility index (Phi) is 5.64. The highest BCUT2D eigenvalue weighted by atomic mass is 16.1. The van der Waals surface area contributed by atoms with E-state index in [0.717, 1.165) is 6.42 Å². The third kappa shape index (κ3) is 4.91. The van der Waals surface area contributed by atoms with E-state index in [1.807, 2.05) is 6.08 Å². The van der Waals surface area contributed by atoms with E-state index in [0.29, 0.717) is 5.57 Å². The van der Waals surface area contributed by atoms with Crippen LogP contribution < -0.4 is 11.9 Å². The van der Waals surface area contributed by atoms with Gasteiger partial charge in [-0.2, -0.15) is 0 Å². The van der Waals surface area contributed by atoms with Crippen LogP contribution in [0.15, 0.2) is 11.6 Å². The summed E-state index contributed by atoms with van der Waals surface area (Å²) in [6.45, 7) is 8.00. The lowest BCUT2D eigenvalue weighted by molar-refractivity contribution is -0.114. The van der Waals surface area contributed by atoms with E-state index in [4.69, 9.17) is 5.73 Å². The minimum Gasteiger partial charge on any atom is -0.366 e.